The lowest BCUT2D eigenvalue weighted by Crippen LogP contribution is -1.92. The van der Waals surface area contributed by atoms with Crippen molar-refractivity contribution in [3.05, 3.63) is 48.3 Å². The molecule has 4 heteroatoms. The second-order valence-electron chi connectivity index (χ2n) is 3.03. The zero-order valence-corrected chi connectivity index (χ0v) is 9.41. The number of hydrogen-bond acceptors (Lipinski definition) is 2. The van der Waals surface area contributed by atoms with Gasteiger partial charge >= 0.3 is 0 Å². The van der Waals surface area contributed by atoms with Crippen molar-refractivity contribution in [1.82, 2.24) is 9.97 Å². The van der Waals surface area contributed by atoms with Crippen LogP contribution in [0, 0.1) is 5.82 Å². The minimum absolute atomic E-state index is 0.298. The van der Waals surface area contributed by atoms with Crippen LogP contribution in [-0.4, -0.2) is 9.97 Å². The van der Waals surface area contributed by atoms with Crippen molar-refractivity contribution in [2.45, 2.75) is 5.33 Å². The molecule has 0 bridgehead atoms. The van der Waals surface area contributed by atoms with E-state index in [-0.39, 0.29) is 5.82 Å². The number of hydrogen-bond donors (Lipinski definition) is 0. The van der Waals surface area contributed by atoms with Gasteiger partial charge in [0.2, 0.25) is 0 Å². The molecule has 2 aromatic rings. The maximum absolute atomic E-state index is 13.4. The summed E-state index contributed by atoms with van der Waals surface area (Å²) < 4.78 is 13.4. The van der Waals surface area contributed by atoms with Gasteiger partial charge in [0.15, 0.2) is 0 Å². The van der Waals surface area contributed by atoms with Crippen LogP contribution in [0.5, 0.6) is 0 Å². The molecule has 0 N–H and O–H groups in total. The van der Waals surface area contributed by atoms with Crippen molar-refractivity contribution < 1.29 is 4.39 Å². The van der Waals surface area contributed by atoms with E-state index < -0.39 is 0 Å². The first-order chi connectivity index (χ1) is 7.31. The molecule has 2 rings (SSSR count). The third-order valence-corrected chi connectivity index (χ3v) is 2.57. The molecule has 0 aliphatic rings. The predicted octanol–water partition coefficient (Wildman–Crippen LogP) is 3.18. The molecule has 0 unspecified atom stereocenters. The zero-order chi connectivity index (χ0) is 10.7. The summed E-state index contributed by atoms with van der Waals surface area (Å²) in [4.78, 5) is 8.00. The van der Waals surface area contributed by atoms with E-state index in [1.807, 2.05) is 12.1 Å². The second kappa shape index (κ2) is 4.49. The third-order valence-electron chi connectivity index (χ3n) is 2.04. The van der Waals surface area contributed by atoms with Crippen molar-refractivity contribution in [1.29, 1.82) is 0 Å². The lowest BCUT2D eigenvalue weighted by molar-refractivity contribution is 0.609. The summed E-state index contributed by atoms with van der Waals surface area (Å²) in [5, 5.41) is 0.423. The van der Waals surface area contributed by atoms with E-state index in [0.717, 1.165) is 11.1 Å². The van der Waals surface area contributed by atoms with E-state index in [9.17, 15) is 4.39 Å². The molecule has 0 amide bonds. The highest BCUT2D eigenvalue weighted by atomic mass is 79.9. The van der Waals surface area contributed by atoms with Crippen LogP contribution in [0.4, 0.5) is 4.39 Å². The van der Waals surface area contributed by atoms with Gasteiger partial charge in [-0.2, -0.15) is 0 Å². The molecule has 2 nitrogen and oxygen atoms in total. The fraction of sp³-hybridized carbons (Fsp3) is 0.0909. The van der Waals surface area contributed by atoms with Crippen LogP contribution in [0.1, 0.15) is 5.69 Å². The molecule has 0 spiro atoms. The van der Waals surface area contributed by atoms with Crippen LogP contribution in [0.2, 0.25) is 0 Å². The number of aromatic nitrogens is 2. The lowest BCUT2D eigenvalue weighted by atomic mass is 10.1. The van der Waals surface area contributed by atoms with Crippen molar-refractivity contribution in [2.24, 2.45) is 0 Å². The Balaban J connectivity index is 2.43. The summed E-state index contributed by atoms with van der Waals surface area (Å²) in [6, 6.07) is 5.16. The molecule has 15 heavy (non-hydrogen) atoms. The van der Waals surface area contributed by atoms with E-state index in [4.69, 9.17) is 0 Å². The van der Waals surface area contributed by atoms with Crippen LogP contribution >= 0.6 is 15.9 Å². The van der Waals surface area contributed by atoms with Crippen molar-refractivity contribution in [3.8, 4) is 11.1 Å². The Morgan fingerprint density at radius 2 is 2.13 bits per heavy atom. The van der Waals surface area contributed by atoms with E-state index >= 15 is 0 Å². The van der Waals surface area contributed by atoms with Crippen LogP contribution in [0.15, 0.2) is 36.8 Å². The summed E-state index contributed by atoms with van der Waals surface area (Å²) >= 11 is 3.17. The third kappa shape index (κ3) is 2.21. The van der Waals surface area contributed by atoms with Gasteiger partial charge in [-0.3, -0.25) is 9.97 Å². The second-order valence-corrected chi connectivity index (χ2v) is 3.59. The molecule has 76 valence electrons. The summed E-state index contributed by atoms with van der Waals surface area (Å²) in [7, 11) is 0. The Hall–Kier alpha value is -1.29. The minimum Gasteiger partial charge on any atom is -0.264 e. The summed E-state index contributed by atoms with van der Waals surface area (Å²) in [5.74, 6) is -0.298. The SMILES string of the molecule is Fc1cc(-c2cccnc2)cnc1CBr. The van der Waals surface area contributed by atoms with Crippen LogP contribution in [0.3, 0.4) is 0 Å². The molecule has 0 radical (unpaired) electrons. The fourth-order valence-electron chi connectivity index (χ4n) is 1.26. The Bertz CT molecular complexity index is 459. The van der Waals surface area contributed by atoms with Gasteiger partial charge in [0.1, 0.15) is 5.82 Å². The number of halogens is 2. The van der Waals surface area contributed by atoms with Crippen molar-refractivity contribution in [2.75, 3.05) is 0 Å². The number of rotatable bonds is 2. The van der Waals surface area contributed by atoms with E-state index in [1.165, 1.54) is 6.07 Å². The van der Waals surface area contributed by atoms with Crippen LogP contribution in [-0.2, 0) is 5.33 Å². The Labute approximate surface area is 95.3 Å². The molecule has 2 heterocycles. The van der Waals surface area contributed by atoms with Crippen LogP contribution in [0.25, 0.3) is 11.1 Å². The molecule has 0 saturated carbocycles. The van der Waals surface area contributed by atoms with Gasteiger partial charge in [-0.25, -0.2) is 4.39 Å². The minimum atomic E-state index is -0.298. The number of alkyl halides is 1. The monoisotopic (exact) mass is 266 g/mol. The van der Waals surface area contributed by atoms with Crippen molar-refractivity contribution >= 4 is 15.9 Å². The predicted molar refractivity (Wildman–Crippen MR) is 60.1 cm³/mol. The molecule has 0 aromatic carbocycles. The smallest absolute Gasteiger partial charge is 0.146 e. The highest BCUT2D eigenvalue weighted by Crippen LogP contribution is 2.19. The maximum atomic E-state index is 13.4. The first kappa shape index (κ1) is 10.2. The van der Waals surface area contributed by atoms with Gasteiger partial charge in [-0.15, -0.1) is 0 Å². The molecule has 2 aromatic heterocycles. The highest BCUT2D eigenvalue weighted by molar-refractivity contribution is 9.08. The summed E-state index contributed by atoms with van der Waals surface area (Å²) in [6.07, 6.45) is 5.01. The van der Waals surface area contributed by atoms with Gasteiger partial charge < -0.3 is 0 Å². The van der Waals surface area contributed by atoms with E-state index in [1.54, 1.807) is 18.6 Å². The van der Waals surface area contributed by atoms with Crippen LogP contribution < -0.4 is 0 Å². The quantitative estimate of drug-likeness (QED) is 0.781. The standard InChI is InChI=1S/C11H8BrFN2/c12-5-11-10(13)4-9(7-15-11)8-2-1-3-14-6-8/h1-4,6-7H,5H2. The Morgan fingerprint density at radius 3 is 2.73 bits per heavy atom. The van der Waals surface area contributed by atoms with Gasteiger partial charge in [0, 0.05) is 35.0 Å². The molecular weight excluding hydrogens is 259 g/mol. The zero-order valence-electron chi connectivity index (χ0n) is 7.82. The summed E-state index contributed by atoms with van der Waals surface area (Å²) in [5.41, 5.74) is 2.03. The van der Waals surface area contributed by atoms with Gasteiger partial charge in [0.05, 0.1) is 5.69 Å². The van der Waals surface area contributed by atoms with E-state index in [2.05, 4.69) is 25.9 Å². The first-order valence-corrected chi connectivity index (χ1v) is 5.54. The largest absolute Gasteiger partial charge is 0.264 e. The molecule has 0 atom stereocenters. The molecule has 0 fully saturated rings. The van der Waals surface area contributed by atoms with Gasteiger partial charge in [0.25, 0.3) is 0 Å². The Morgan fingerprint density at radius 1 is 1.27 bits per heavy atom. The average molecular weight is 267 g/mol. The lowest BCUT2D eigenvalue weighted by Gasteiger charge is -2.02. The molecule has 0 aliphatic carbocycles. The summed E-state index contributed by atoms with van der Waals surface area (Å²) in [6.45, 7) is 0. The van der Waals surface area contributed by atoms with Gasteiger partial charge in [-0.1, -0.05) is 22.0 Å². The topological polar surface area (TPSA) is 25.8 Å². The molecule has 0 aliphatic heterocycles. The van der Waals surface area contributed by atoms with Crippen molar-refractivity contribution in [3.63, 3.8) is 0 Å². The maximum Gasteiger partial charge on any atom is 0.146 e. The number of pyridine rings is 2. The molecule has 0 saturated heterocycles. The van der Waals surface area contributed by atoms with Gasteiger partial charge in [-0.05, 0) is 12.1 Å². The number of nitrogens with zero attached hydrogens (tertiary/aromatic N) is 2. The Kier molecular flexibility index (Phi) is 3.06. The normalized spacial score (nSPS) is 10.3. The first-order valence-electron chi connectivity index (χ1n) is 4.42. The van der Waals surface area contributed by atoms with E-state index in [0.29, 0.717) is 11.0 Å². The average Bonchev–Trinajstić information content (AvgIpc) is 2.30. The highest BCUT2D eigenvalue weighted by Gasteiger charge is 2.05. The fourth-order valence-corrected chi connectivity index (χ4v) is 1.67. The molecular formula is C11H8BrFN2.